The maximum Gasteiger partial charge on any atom is 0.337 e. The molecule has 0 amide bonds. The number of methoxy groups -OCH3 is 1. The predicted octanol–water partition coefficient (Wildman–Crippen LogP) is 4.44. The molecule has 5 nitrogen and oxygen atoms in total. The Hall–Kier alpha value is -3.21. The van der Waals surface area contributed by atoms with Crippen molar-refractivity contribution in [2.75, 3.05) is 7.11 Å². The van der Waals surface area contributed by atoms with Gasteiger partial charge in [-0.05, 0) is 61.1 Å². The first-order valence-corrected chi connectivity index (χ1v) is 9.22. The number of nitrogens with zero attached hydrogens (tertiary/aromatic N) is 2. The highest BCUT2D eigenvalue weighted by Gasteiger charge is 2.21. The van der Waals surface area contributed by atoms with E-state index in [4.69, 9.17) is 9.72 Å². The molecule has 0 atom stereocenters. The molecule has 27 heavy (non-hydrogen) atoms. The molecule has 5 heteroatoms. The van der Waals surface area contributed by atoms with Gasteiger partial charge in [-0.1, -0.05) is 12.1 Å². The maximum absolute atomic E-state index is 11.7. The number of nitrogens with one attached hydrogen (secondary N) is 1. The summed E-state index contributed by atoms with van der Waals surface area (Å²) in [5.41, 5.74) is 7.38. The van der Waals surface area contributed by atoms with Crippen molar-refractivity contribution < 1.29 is 9.53 Å². The summed E-state index contributed by atoms with van der Waals surface area (Å²) in [5, 5.41) is 9.66. The van der Waals surface area contributed by atoms with Crippen molar-refractivity contribution in [2.45, 2.75) is 25.7 Å². The zero-order chi connectivity index (χ0) is 18.4. The zero-order valence-electron chi connectivity index (χ0n) is 15.1. The van der Waals surface area contributed by atoms with Gasteiger partial charge in [0.1, 0.15) is 0 Å². The smallest absolute Gasteiger partial charge is 0.337 e. The van der Waals surface area contributed by atoms with E-state index in [1.807, 2.05) is 36.5 Å². The van der Waals surface area contributed by atoms with Gasteiger partial charge in [0.2, 0.25) is 0 Å². The third kappa shape index (κ3) is 2.50. The molecule has 2 aromatic carbocycles. The Labute approximate surface area is 156 Å². The lowest BCUT2D eigenvalue weighted by molar-refractivity contribution is 0.0601. The van der Waals surface area contributed by atoms with Gasteiger partial charge in [0.05, 0.1) is 35.6 Å². The molecule has 0 bridgehead atoms. The molecule has 5 rings (SSSR count). The van der Waals surface area contributed by atoms with E-state index in [9.17, 15) is 4.79 Å². The van der Waals surface area contributed by atoms with Gasteiger partial charge in [-0.25, -0.2) is 9.78 Å². The number of aryl methyl sites for hydroxylation is 1. The molecule has 1 aliphatic carbocycles. The van der Waals surface area contributed by atoms with Crippen LogP contribution in [0.4, 0.5) is 0 Å². The number of ether oxygens (including phenoxy) is 1. The van der Waals surface area contributed by atoms with Gasteiger partial charge < -0.3 is 4.74 Å². The van der Waals surface area contributed by atoms with Gasteiger partial charge in [0.25, 0.3) is 0 Å². The van der Waals surface area contributed by atoms with Crippen molar-refractivity contribution in [1.82, 2.24) is 15.2 Å². The number of hydrogen-bond acceptors (Lipinski definition) is 4. The molecule has 134 valence electrons. The number of hydrogen-bond donors (Lipinski definition) is 1. The number of fused-ring (bicyclic) bond motifs is 5. The fourth-order valence-electron chi connectivity index (χ4n) is 4.17. The lowest BCUT2D eigenvalue weighted by Gasteiger charge is -2.21. The Bertz CT molecular complexity index is 1180. The molecular formula is C22H19N3O2. The second-order valence-corrected chi connectivity index (χ2v) is 6.98. The second kappa shape index (κ2) is 6.20. The first kappa shape index (κ1) is 16.0. The van der Waals surface area contributed by atoms with Crippen molar-refractivity contribution in [3.8, 4) is 11.3 Å². The number of carbonyl (C=O) groups is 1. The van der Waals surface area contributed by atoms with Crippen LogP contribution in [0.5, 0.6) is 0 Å². The molecule has 1 aliphatic rings. The van der Waals surface area contributed by atoms with Crippen molar-refractivity contribution in [3.63, 3.8) is 0 Å². The lowest BCUT2D eigenvalue weighted by atomic mass is 9.85. The van der Waals surface area contributed by atoms with Crippen LogP contribution in [-0.4, -0.2) is 28.3 Å². The van der Waals surface area contributed by atoms with Gasteiger partial charge in [-0.2, -0.15) is 5.10 Å². The van der Waals surface area contributed by atoms with Crippen molar-refractivity contribution in [1.29, 1.82) is 0 Å². The molecule has 1 N–H and O–H groups in total. The second-order valence-electron chi connectivity index (χ2n) is 6.98. The predicted molar refractivity (Wildman–Crippen MR) is 105 cm³/mol. The summed E-state index contributed by atoms with van der Waals surface area (Å²) in [5.74, 6) is -0.322. The highest BCUT2D eigenvalue weighted by molar-refractivity contribution is 6.07. The van der Waals surface area contributed by atoms with Gasteiger partial charge in [0.15, 0.2) is 0 Å². The van der Waals surface area contributed by atoms with E-state index < -0.39 is 0 Å². The molecule has 2 aromatic heterocycles. The molecule has 0 unspecified atom stereocenters. The van der Waals surface area contributed by atoms with Crippen LogP contribution in [0.1, 0.15) is 34.3 Å². The number of H-pyrrole nitrogens is 1. The lowest BCUT2D eigenvalue weighted by Crippen LogP contribution is -2.08. The number of carbonyl (C=O) groups excluding carboxylic acids is 1. The summed E-state index contributed by atoms with van der Waals surface area (Å²) in [6.45, 7) is 0. The van der Waals surface area contributed by atoms with Crippen LogP contribution in [0, 0.1) is 0 Å². The standard InChI is InChI=1S/C22H19N3O2/c1-27-22(26)14-8-6-13(7-9-14)21-16-5-3-2-4-15(16)20-17-12-23-25-18(17)10-11-19(20)24-21/h6-12H,2-5H2,1H3,(H,23,25). The molecule has 0 saturated carbocycles. The minimum Gasteiger partial charge on any atom is -0.465 e. The van der Waals surface area contributed by atoms with Crippen LogP contribution in [0.15, 0.2) is 42.6 Å². The van der Waals surface area contributed by atoms with E-state index in [-0.39, 0.29) is 5.97 Å². The summed E-state index contributed by atoms with van der Waals surface area (Å²) < 4.78 is 4.80. The van der Waals surface area contributed by atoms with E-state index in [1.54, 1.807) is 0 Å². The molecule has 0 fully saturated rings. The largest absolute Gasteiger partial charge is 0.465 e. The summed E-state index contributed by atoms with van der Waals surface area (Å²) in [6.07, 6.45) is 6.36. The van der Waals surface area contributed by atoms with Gasteiger partial charge >= 0.3 is 5.97 Å². The summed E-state index contributed by atoms with van der Waals surface area (Å²) in [6, 6.07) is 11.6. The van der Waals surface area contributed by atoms with Gasteiger partial charge in [0, 0.05) is 16.3 Å². The average molecular weight is 357 g/mol. The number of aromatic nitrogens is 3. The van der Waals surface area contributed by atoms with E-state index in [2.05, 4.69) is 16.3 Å². The first-order valence-electron chi connectivity index (χ1n) is 9.22. The minimum atomic E-state index is -0.322. The normalized spacial score (nSPS) is 13.7. The Morgan fingerprint density at radius 1 is 1.04 bits per heavy atom. The van der Waals surface area contributed by atoms with Gasteiger partial charge in [-0.15, -0.1) is 0 Å². The van der Waals surface area contributed by atoms with E-state index in [1.165, 1.54) is 36.5 Å². The van der Waals surface area contributed by atoms with Crippen LogP contribution in [-0.2, 0) is 17.6 Å². The van der Waals surface area contributed by atoms with Crippen LogP contribution in [0.2, 0.25) is 0 Å². The van der Waals surface area contributed by atoms with E-state index in [0.717, 1.165) is 40.5 Å². The number of pyridine rings is 1. The van der Waals surface area contributed by atoms with Crippen LogP contribution in [0.3, 0.4) is 0 Å². The fraction of sp³-hybridized carbons (Fsp3) is 0.227. The highest BCUT2D eigenvalue weighted by Crippen LogP contribution is 2.37. The number of rotatable bonds is 2. The van der Waals surface area contributed by atoms with E-state index in [0.29, 0.717) is 5.56 Å². The zero-order valence-corrected chi connectivity index (χ0v) is 15.1. The molecule has 0 radical (unpaired) electrons. The van der Waals surface area contributed by atoms with Crippen molar-refractivity contribution >= 4 is 27.8 Å². The number of aromatic amines is 1. The van der Waals surface area contributed by atoms with Crippen LogP contribution in [0.25, 0.3) is 33.1 Å². The summed E-state index contributed by atoms with van der Waals surface area (Å²) in [7, 11) is 1.40. The fourth-order valence-corrected chi connectivity index (χ4v) is 4.17. The molecular weight excluding hydrogens is 338 g/mol. The number of esters is 1. The maximum atomic E-state index is 11.7. The van der Waals surface area contributed by atoms with Crippen LogP contribution >= 0.6 is 0 Å². The molecule has 4 aromatic rings. The average Bonchev–Trinajstić information content (AvgIpc) is 3.21. The Morgan fingerprint density at radius 2 is 1.81 bits per heavy atom. The van der Waals surface area contributed by atoms with Crippen molar-refractivity contribution in [2.24, 2.45) is 0 Å². The van der Waals surface area contributed by atoms with Crippen molar-refractivity contribution in [3.05, 3.63) is 59.3 Å². The minimum absolute atomic E-state index is 0.322. The molecule has 2 heterocycles. The molecule has 0 saturated heterocycles. The SMILES string of the molecule is COC(=O)c1ccc(-c2nc3ccc4[nH]ncc4c3c3c2CCCC3)cc1. The third-order valence-corrected chi connectivity index (χ3v) is 5.47. The Balaban J connectivity index is 1.75. The topological polar surface area (TPSA) is 67.9 Å². The van der Waals surface area contributed by atoms with Crippen LogP contribution < -0.4 is 0 Å². The van der Waals surface area contributed by atoms with E-state index >= 15 is 0 Å². The summed E-state index contributed by atoms with van der Waals surface area (Å²) >= 11 is 0. The quantitative estimate of drug-likeness (QED) is 0.539. The molecule has 0 spiro atoms. The highest BCUT2D eigenvalue weighted by atomic mass is 16.5. The monoisotopic (exact) mass is 357 g/mol. The number of benzene rings is 2. The summed E-state index contributed by atoms with van der Waals surface area (Å²) in [4.78, 5) is 16.7. The third-order valence-electron chi connectivity index (χ3n) is 5.47. The van der Waals surface area contributed by atoms with Gasteiger partial charge in [-0.3, -0.25) is 5.10 Å². The molecule has 0 aliphatic heterocycles. The Morgan fingerprint density at radius 3 is 2.59 bits per heavy atom. The first-order chi connectivity index (χ1) is 13.3. The Kier molecular flexibility index (Phi) is 3.67.